The van der Waals surface area contributed by atoms with Crippen LogP contribution >= 0.6 is 11.8 Å². The van der Waals surface area contributed by atoms with E-state index in [1.165, 1.54) is 16.7 Å². The zero-order valence-electron chi connectivity index (χ0n) is 15.6. The highest BCUT2D eigenvalue weighted by Crippen LogP contribution is 2.31. The van der Waals surface area contributed by atoms with Gasteiger partial charge in [-0.2, -0.15) is 0 Å². The molecule has 0 aliphatic rings. The fourth-order valence-corrected chi connectivity index (χ4v) is 4.15. The number of para-hydroxylation sites is 1. The molecule has 27 heavy (non-hydrogen) atoms. The molecule has 0 unspecified atom stereocenters. The molecule has 4 rings (SSSR count). The molecule has 0 saturated heterocycles. The van der Waals surface area contributed by atoms with E-state index in [4.69, 9.17) is 4.42 Å². The van der Waals surface area contributed by atoms with Gasteiger partial charge in [0.15, 0.2) is 11.0 Å². The Morgan fingerprint density at radius 2 is 1.67 bits per heavy atom. The number of furan rings is 1. The van der Waals surface area contributed by atoms with Gasteiger partial charge in [0.25, 0.3) is 0 Å². The molecule has 136 valence electrons. The molecule has 2 heterocycles. The Morgan fingerprint density at radius 3 is 2.33 bits per heavy atom. The zero-order valence-corrected chi connectivity index (χ0v) is 16.5. The van der Waals surface area contributed by atoms with Gasteiger partial charge in [-0.15, -0.1) is 10.2 Å². The Kier molecular flexibility index (Phi) is 4.86. The maximum Gasteiger partial charge on any atom is 0.196 e. The second kappa shape index (κ2) is 7.45. The number of aryl methyl sites for hydroxylation is 3. The minimum Gasteiger partial charge on any atom is -0.469 e. The molecule has 5 heteroatoms. The van der Waals surface area contributed by atoms with Crippen molar-refractivity contribution in [2.45, 2.75) is 31.7 Å². The smallest absolute Gasteiger partial charge is 0.196 e. The summed E-state index contributed by atoms with van der Waals surface area (Å²) in [5, 5.41) is 9.83. The summed E-state index contributed by atoms with van der Waals surface area (Å²) in [6.45, 7) is 6.21. The first kappa shape index (κ1) is 17.6. The fourth-order valence-electron chi connectivity index (χ4n) is 3.26. The Bertz CT molecular complexity index is 1050. The summed E-state index contributed by atoms with van der Waals surface area (Å²) in [7, 11) is 0. The second-order valence-corrected chi connectivity index (χ2v) is 7.59. The molecule has 0 radical (unpaired) electrons. The van der Waals surface area contributed by atoms with E-state index in [1.807, 2.05) is 31.2 Å². The second-order valence-electron chi connectivity index (χ2n) is 6.65. The van der Waals surface area contributed by atoms with Gasteiger partial charge in [-0.3, -0.25) is 4.57 Å². The summed E-state index contributed by atoms with van der Waals surface area (Å²) in [6, 6.07) is 18.8. The highest BCUT2D eigenvalue weighted by Gasteiger charge is 2.18. The van der Waals surface area contributed by atoms with Crippen LogP contribution in [0.3, 0.4) is 0 Å². The third-order valence-electron chi connectivity index (χ3n) is 4.40. The molecule has 0 bridgehead atoms. The van der Waals surface area contributed by atoms with E-state index >= 15 is 0 Å². The lowest BCUT2D eigenvalue weighted by molar-refractivity contribution is 0.535. The third kappa shape index (κ3) is 3.69. The molecule has 0 aliphatic carbocycles. The SMILES string of the molecule is Cc1cc(C)cc(CSc2nnc(-c3ccoc3C)n2-c2ccccc2)c1. The van der Waals surface area contributed by atoms with E-state index in [-0.39, 0.29) is 0 Å². The van der Waals surface area contributed by atoms with E-state index in [1.54, 1.807) is 18.0 Å². The number of nitrogens with zero attached hydrogens (tertiary/aromatic N) is 3. The van der Waals surface area contributed by atoms with Crippen molar-refractivity contribution < 1.29 is 4.42 Å². The van der Waals surface area contributed by atoms with Crippen LogP contribution in [0.15, 0.2) is 70.4 Å². The number of thioether (sulfide) groups is 1. The summed E-state index contributed by atoms with van der Waals surface area (Å²) < 4.78 is 7.59. The number of rotatable bonds is 5. The van der Waals surface area contributed by atoms with Gasteiger partial charge >= 0.3 is 0 Å². The molecule has 4 nitrogen and oxygen atoms in total. The van der Waals surface area contributed by atoms with Crippen LogP contribution in [-0.4, -0.2) is 14.8 Å². The Labute approximate surface area is 163 Å². The maximum absolute atomic E-state index is 5.49. The Hall–Kier alpha value is -2.79. The van der Waals surface area contributed by atoms with Crippen molar-refractivity contribution in [2.24, 2.45) is 0 Å². The van der Waals surface area contributed by atoms with E-state index in [0.29, 0.717) is 0 Å². The van der Waals surface area contributed by atoms with E-state index in [9.17, 15) is 0 Å². The molecule has 4 aromatic rings. The molecule has 0 fully saturated rings. The summed E-state index contributed by atoms with van der Waals surface area (Å²) in [4.78, 5) is 0. The molecule has 2 aromatic carbocycles. The number of hydrogen-bond donors (Lipinski definition) is 0. The normalized spacial score (nSPS) is 11.1. The molecule has 0 aliphatic heterocycles. The van der Waals surface area contributed by atoms with Gasteiger partial charge in [0, 0.05) is 11.4 Å². The summed E-state index contributed by atoms with van der Waals surface area (Å²) in [6.07, 6.45) is 1.69. The monoisotopic (exact) mass is 375 g/mol. The van der Waals surface area contributed by atoms with Crippen LogP contribution in [0.4, 0.5) is 0 Å². The largest absolute Gasteiger partial charge is 0.469 e. The maximum atomic E-state index is 5.49. The molecule has 0 saturated carbocycles. The van der Waals surface area contributed by atoms with Crippen molar-refractivity contribution >= 4 is 11.8 Å². The molecular weight excluding hydrogens is 354 g/mol. The first-order valence-electron chi connectivity index (χ1n) is 8.87. The van der Waals surface area contributed by atoms with E-state index in [2.05, 4.69) is 58.9 Å². The highest BCUT2D eigenvalue weighted by molar-refractivity contribution is 7.98. The molecule has 0 atom stereocenters. The van der Waals surface area contributed by atoms with Gasteiger partial charge in [0.05, 0.1) is 11.8 Å². The summed E-state index contributed by atoms with van der Waals surface area (Å²) in [5.41, 5.74) is 5.86. The molecular formula is C22H21N3OS. The minimum absolute atomic E-state index is 0.801. The van der Waals surface area contributed by atoms with Crippen molar-refractivity contribution in [1.29, 1.82) is 0 Å². The summed E-state index contributed by atoms with van der Waals surface area (Å²) >= 11 is 1.70. The van der Waals surface area contributed by atoms with E-state index in [0.717, 1.165) is 33.7 Å². The highest BCUT2D eigenvalue weighted by atomic mass is 32.2. The van der Waals surface area contributed by atoms with Crippen LogP contribution in [0, 0.1) is 20.8 Å². The van der Waals surface area contributed by atoms with Crippen LogP contribution in [0.25, 0.3) is 17.1 Å². The standard InChI is InChI=1S/C22H21N3OS/c1-15-11-16(2)13-18(12-15)14-27-22-24-23-21(20-9-10-26-17(20)3)25(22)19-7-5-4-6-8-19/h4-13H,14H2,1-3H3. The number of benzene rings is 2. The van der Waals surface area contributed by atoms with Crippen LogP contribution in [-0.2, 0) is 5.75 Å². The van der Waals surface area contributed by atoms with Crippen molar-refractivity contribution in [3.8, 4) is 17.1 Å². The third-order valence-corrected chi connectivity index (χ3v) is 5.40. The lowest BCUT2D eigenvalue weighted by atomic mass is 10.1. The molecule has 0 amide bonds. The van der Waals surface area contributed by atoms with Crippen molar-refractivity contribution in [2.75, 3.05) is 0 Å². The van der Waals surface area contributed by atoms with Crippen LogP contribution in [0.2, 0.25) is 0 Å². The summed E-state index contributed by atoms with van der Waals surface area (Å²) in [5.74, 6) is 2.48. The fraction of sp³-hybridized carbons (Fsp3) is 0.182. The van der Waals surface area contributed by atoms with Gasteiger partial charge in [-0.25, -0.2) is 0 Å². The van der Waals surface area contributed by atoms with Gasteiger partial charge < -0.3 is 4.42 Å². The molecule has 2 aromatic heterocycles. The molecule has 0 spiro atoms. The number of hydrogen-bond acceptors (Lipinski definition) is 4. The van der Waals surface area contributed by atoms with Crippen molar-refractivity contribution in [1.82, 2.24) is 14.8 Å². The zero-order chi connectivity index (χ0) is 18.8. The Balaban J connectivity index is 1.72. The lowest BCUT2D eigenvalue weighted by Crippen LogP contribution is -1.99. The van der Waals surface area contributed by atoms with Crippen molar-refractivity contribution in [3.05, 3.63) is 83.3 Å². The molecule has 0 N–H and O–H groups in total. The lowest BCUT2D eigenvalue weighted by Gasteiger charge is -2.10. The predicted octanol–water partition coefficient (Wildman–Crippen LogP) is 5.74. The first-order valence-corrected chi connectivity index (χ1v) is 9.85. The van der Waals surface area contributed by atoms with Gasteiger partial charge in [-0.05, 0) is 44.5 Å². The average molecular weight is 375 g/mol. The van der Waals surface area contributed by atoms with Crippen LogP contribution < -0.4 is 0 Å². The average Bonchev–Trinajstić information content (AvgIpc) is 3.25. The van der Waals surface area contributed by atoms with Gasteiger partial charge in [0.2, 0.25) is 0 Å². The number of aromatic nitrogens is 3. The predicted molar refractivity (Wildman–Crippen MR) is 109 cm³/mol. The van der Waals surface area contributed by atoms with Crippen LogP contribution in [0.1, 0.15) is 22.5 Å². The Morgan fingerprint density at radius 1 is 0.926 bits per heavy atom. The minimum atomic E-state index is 0.801. The van der Waals surface area contributed by atoms with Crippen molar-refractivity contribution in [3.63, 3.8) is 0 Å². The quantitative estimate of drug-likeness (QED) is 0.417. The van der Waals surface area contributed by atoms with Gasteiger partial charge in [0.1, 0.15) is 5.76 Å². The first-order chi connectivity index (χ1) is 13.1. The van der Waals surface area contributed by atoms with Gasteiger partial charge in [-0.1, -0.05) is 59.3 Å². The topological polar surface area (TPSA) is 43.9 Å². The van der Waals surface area contributed by atoms with E-state index < -0.39 is 0 Å². The van der Waals surface area contributed by atoms with Crippen LogP contribution in [0.5, 0.6) is 0 Å².